The summed E-state index contributed by atoms with van der Waals surface area (Å²) in [4.78, 5) is 20.8. The molecule has 162 valence electrons. The first-order valence-corrected chi connectivity index (χ1v) is 11.3. The summed E-state index contributed by atoms with van der Waals surface area (Å²) < 4.78 is 29.2. The highest BCUT2D eigenvalue weighted by molar-refractivity contribution is 7.92. The first kappa shape index (κ1) is 21.8. The standard InChI is InChI=1S/C20H14Cl2N6O3S/c21-16-7-6-15(10-17(16)22)32(30,31)27-14-4-1-3-13(9-14)20(29)26-18-5-2-8-24-19(18)28-12-23-11-25-28/h1-12,27H,(H,26,29). The molecular formula is C20H14Cl2N6O3S. The predicted molar refractivity (Wildman–Crippen MR) is 121 cm³/mol. The first-order chi connectivity index (χ1) is 15.3. The Kier molecular flexibility index (Phi) is 6.08. The summed E-state index contributed by atoms with van der Waals surface area (Å²) in [5.41, 5.74) is 0.837. The molecule has 2 heterocycles. The molecule has 9 nitrogen and oxygen atoms in total. The molecule has 0 unspecified atom stereocenters. The third-order valence-corrected chi connectivity index (χ3v) is 6.37. The van der Waals surface area contributed by atoms with Crippen LogP contribution in [-0.2, 0) is 10.0 Å². The summed E-state index contributed by atoms with van der Waals surface area (Å²) in [7, 11) is -3.94. The Labute approximate surface area is 193 Å². The number of carbonyl (C=O) groups is 1. The maximum Gasteiger partial charge on any atom is 0.261 e. The van der Waals surface area contributed by atoms with Crippen LogP contribution in [0.2, 0.25) is 10.0 Å². The van der Waals surface area contributed by atoms with Crippen LogP contribution in [0.25, 0.3) is 5.82 Å². The Balaban J connectivity index is 1.56. The normalized spacial score (nSPS) is 11.2. The number of halogens is 2. The minimum absolute atomic E-state index is 0.0606. The third-order valence-electron chi connectivity index (χ3n) is 4.25. The highest BCUT2D eigenvalue weighted by Gasteiger charge is 2.17. The molecule has 0 aliphatic rings. The number of nitrogens with zero attached hydrogens (tertiary/aromatic N) is 4. The number of pyridine rings is 1. The van der Waals surface area contributed by atoms with Crippen molar-refractivity contribution in [1.29, 1.82) is 0 Å². The number of amides is 1. The number of sulfonamides is 1. The van der Waals surface area contributed by atoms with Crippen molar-refractivity contribution in [2.24, 2.45) is 0 Å². The van der Waals surface area contributed by atoms with Crippen molar-refractivity contribution in [1.82, 2.24) is 19.7 Å². The van der Waals surface area contributed by atoms with Gasteiger partial charge in [0.15, 0.2) is 5.82 Å². The van der Waals surface area contributed by atoms with E-state index in [4.69, 9.17) is 23.2 Å². The van der Waals surface area contributed by atoms with E-state index in [0.29, 0.717) is 11.5 Å². The van der Waals surface area contributed by atoms with Gasteiger partial charge in [0, 0.05) is 17.4 Å². The summed E-state index contributed by atoms with van der Waals surface area (Å²) >= 11 is 11.8. The monoisotopic (exact) mass is 488 g/mol. The third kappa shape index (κ3) is 4.72. The van der Waals surface area contributed by atoms with Gasteiger partial charge in [0.05, 0.1) is 20.6 Å². The summed E-state index contributed by atoms with van der Waals surface area (Å²) in [6, 6.07) is 13.4. The first-order valence-electron chi connectivity index (χ1n) is 9.03. The zero-order valence-corrected chi connectivity index (χ0v) is 18.4. The maximum absolute atomic E-state index is 12.8. The van der Waals surface area contributed by atoms with Gasteiger partial charge in [-0.1, -0.05) is 29.3 Å². The molecule has 1 amide bonds. The van der Waals surface area contributed by atoms with Crippen LogP contribution in [0, 0.1) is 0 Å². The maximum atomic E-state index is 12.8. The second-order valence-electron chi connectivity index (χ2n) is 6.43. The van der Waals surface area contributed by atoms with Gasteiger partial charge in [0.1, 0.15) is 12.7 Å². The van der Waals surface area contributed by atoms with Crippen LogP contribution in [0.4, 0.5) is 11.4 Å². The van der Waals surface area contributed by atoms with E-state index >= 15 is 0 Å². The molecule has 0 atom stereocenters. The molecule has 0 aliphatic carbocycles. The molecule has 0 radical (unpaired) electrons. The van der Waals surface area contributed by atoms with Crippen molar-refractivity contribution in [2.45, 2.75) is 4.90 Å². The van der Waals surface area contributed by atoms with Crippen LogP contribution in [0.5, 0.6) is 0 Å². The number of rotatable bonds is 6. The molecule has 0 fully saturated rings. The lowest BCUT2D eigenvalue weighted by Gasteiger charge is -2.12. The van der Waals surface area contributed by atoms with Crippen molar-refractivity contribution < 1.29 is 13.2 Å². The average molecular weight is 489 g/mol. The molecule has 0 spiro atoms. The second kappa shape index (κ2) is 8.95. The lowest BCUT2D eigenvalue weighted by atomic mass is 10.2. The molecule has 2 aromatic carbocycles. The number of hydrogen-bond donors (Lipinski definition) is 2. The van der Waals surface area contributed by atoms with Gasteiger partial charge >= 0.3 is 0 Å². The fourth-order valence-corrected chi connectivity index (χ4v) is 4.21. The van der Waals surface area contributed by atoms with Crippen LogP contribution in [0.1, 0.15) is 10.4 Å². The Hall–Kier alpha value is -3.47. The predicted octanol–water partition coefficient (Wildman–Crippen LogP) is 4.02. The van der Waals surface area contributed by atoms with Gasteiger partial charge in [0.25, 0.3) is 15.9 Å². The van der Waals surface area contributed by atoms with Gasteiger partial charge in [-0.25, -0.2) is 23.1 Å². The van der Waals surface area contributed by atoms with Gasteiger partial charge in [-0.3, -0.25) is 9.52 Å². The van der Waals surface area contributed by atoms with Crippen molar-refractivity contribution in [3.05, 3.63) is 89.1 Å². The Morgan fingerprint density at radius 1 is 1.00 bits per heavy atom. The number of carbonyl (C=O) groups excluding carboxylic acids is 1. The lowest BCUT2D eigenvalue weighted by molar-refractivity contribution is 0.102. The zero-order chi connectivity index (χ0) is 22.7. The quantitative estimate of drug-likeness (QED) is 0.422. The Morgan fingerprint density at radius 3 is 2.59 bits per heavy atom. The van der Waals surface area contributed by atoms with Crippen molar-refractivity contribution in [2.75, 3.05) is 10.0 Å². The fraction of sp³-hybridized carbons (Fsp3) is 0. The molecular weight excluding hydrogens is 475 g/mol. The van der Waals surface area contributed by atoms with E-state index in [0.717, 1.165) is 0 Å². The summed E-state index contributed by atoms with van der Waals surface area (Å²) in [6.07, 6.45) is 4.37. The lowest BCUT2D eigenvalue weighted by Crippen LogP contribution is -2.16. The number of aromatic nitrogens is 4. The molecule has 4 aromatic rings. The van der Waals surface area contributed by atoms with E-state index in [9.17, 15) is 13.2 Å². The van der Waals surface area contributed by atoms with E-state index < -0.39 is 15.9 Å². The van der Waals surface area contributed by atoms with Crippen molar-refractivity contribution >= 4 is 50.5 Å². The van der Waals surface area contributed by atoms with Crippen molar-refractivity contribution in [3.8, 4) is 5.82 Å². The minimum atomic E-state index is -3.94. The summed E-state index contributed by atoms with van der Waals surface area (Å²) in [5, 5.41) is 7.12. The van der Waals surface area contributed by atoms with Crippen LogP contribution in [0.15, 0.2) is 78.3 Å². The van der Waals surface area contributed by atoms with Gasteiger partial charge in [-0.15, -0.1) is 0 Å². The van der Waals surface area contributed by atoms with E-state index in [1.165, 1.54) is 47.7 Å². The zero-order valence-electron chi connectivity index (χ0n) is 16.1. The average Bonchev–Trinajstić information content (AvgIpc) is 3.30. The number of hydrogen-bond acceptors (Lipinski definition) is 6. The Morgan fingerprint density at radius 2 is 1.84 bits per heavy atom. The van der Waals surface area contributed by atoms with E-state index in [-0.39, 0.29) is 26.2 Å². The van der Waals surface area contributed by atoms with Crippen LogP contribution < -0.4 is 10.0 Å². The summed E-state index contributed by atoms with van der Waals surface area (Å²) in [6.45, 7) is 0. The molecule has 0 aliphatic heterocycles. The van der Waals surface area contributed by atoms with E-state index in [1.807, 2.05) is 0 Å². The Bertz CT molecular complexity index is 1390. The SMILES string of the molecule is O=C(Nc1cccnc1-n1cncn1)c1cccc(NS(=O)(=O)c2ccc(Cl)c(Cl)c2)c1. The molecule has 0 saturated carbocycles. The fourth-order valence-electron chi connectivity index (χ4n) is 2.77. The molecule has 12 heteroatoms. The number of anilines is 2. The molecule has 0 saturated heterocycles. The van der Waals surface area contributed by atoms with Gasteiger partial charge in [-0.2, -0.15) is 5.10 Å². The molecule has 2 aromatic heterocycles. The highest BCUT2D eigenvalue weighted by Crippen LogP contribution is 2.26. The number of nitrogens with one attached hydrogen (secondary N) is 2. The van der Waals surface area contributed by atoms with Gasteiger partial charge < -0.3 is 5.32 Å². The van der Waals surface area contributed by atoms with Crippen LogP contribution >= 0.6 is 23.2 Å². The molecule has 32 heavy (non-hydrogen) atoms. The van der Waals surface area contributed by atoms with Crippen LogP contribution in [-0.4, -0.2) is 34.1 Å². The largest absolute Gasteiger partial charge is 0.319 e. The van der Waals surface area contributed by atoms with Gasteiger partial charge in [-0.05, 0) is 48.5 Å². The minimum Gasteiger partial charge on any atom is -0.319 e. The molecule has 4 rings (SSSR count). The van der Waals surface area contributed by atoms with Crippen LogP contribution in [0.3, 0.4) is 0 Å². The highest BCUT2D eigenvalue weighted by atomic mass is 35.5. The molecule has 2 N–H and O–H groups in total. The molecule has 0 bridgehead atoms. The number of benzene rings is 2. The second-order valence-corrected chi connectivity index (χ2v) is 8.93. The van der Waals surface area contributed by atoms with E-state index in [2.05, 4.69) is 25.1 Å². The topological polar surface area (TPSA) is 119 Å². The smallest absolute Gasteiger partial charge is 0.261 e. The summed E-state index contributed by atoms with van der Waals surface area (Å²) in [5.74, 6) is -0.0789. The van der Waals surface area contributed by atoms with Crippen molar-refractivity contribution in [3.63, 3.8) is 0 Å². The van der Waals surface area contributed by atoms with Gasteiger partial charge in [0.2, 0.25) is 0 Å². The van der Waals surface area contributed by atoms with E-state index in [1.54, 1.807) is 30.5 Å².